The Hall–Kier alpha value is -2.47. The molecule has 6 heteroatoms. The average molecular weight is 341 g/mol. The molecule has 0 radical (unpaired) electrons. The summed E-state index contributed by atoms with van der Waals surface area (Å²) < 4.78 is 0. The maximum absolute atomic E-state index is 12.5. The zero-order valence-corrected chi connectivity index (χ0v) is 15.6. The fraction of sp³-hybridized carbons (Fsp3) is 0.421. The van der Waals surface area contributed by atoms with Crippen LogP contribution in [0.2, 0.25) is 0 Å². The fourth-order valence-corrected chi connectivity index (χ4v) is 2.48. The first-order chi connectivity index (χ1) is 11.9. The lowest BCUT2D eigenvalue weighted by atomic mass is 9.98. The number of hydrogen-bond acceptors (Lipinski definition) is 5. The van der Waals surface area contributed by atoms with Gasteiger partial charge in [0, 0.05) is 18.8 Å². The Labute approximate surface area is 149 Å². The van der Waals surface area contributed by atoms with Crippen LogP contribution in [0.1, 0.15) is 41.4 Å². The Morgan fingerprint density at radius 3 is 2.52 bits per heavy atom. The van der Waals surface area contributed by atoms with Gasteiger partial charge in [-0.1, -0.05) is 32.0 Å². The fourth-order valence-electron chi connectivity index (χ4n) is 2.48. The lowest BCUT2D eigenvalue weighted by Gasteiger charge is -2.16. The van der Waals surface area contributed by atoms with E-state index in [1.54, 1.807) is 12.1 Å². The number of hydrogen-bond donors (Lipinski definition) is 2. The summed E-state index contributed by atoms with van der Waals surface area (Å²) in [6.07, 6.45) is 0. The largest absolute Gasteiger partial charge is 0.367 e. The van der Waals surface area contributed by atoms with Crippen molar-refractivity contribution in [3.05, 3.63) is 47.2 Å². The van der Waals surface area contributed by atoms with Crippen molar-refractivity contribution >= 4 is 17.4 Å². The lowest BCUT2D eigenvalue weighted by Crippen LogP contribution is -2.21. The van der Waals surface area contributed by atoms with E-state index in [9.17, 15) is 4.79 Å². The number of likely N-dealkylation sites (N-methyl/N-ethyl adjacent to an activating group) is 1. The highest BCUT2D eigenvalue weighted by Gasteiger charge is 2.14. The van der Waals surface area contributed by atoms with Gasteiger partial charge in [-0.05, 0) is 50.2 Å². The standard InChI is InChI=1S/C19H27N5O/c1-13(2)15-8-6-7-14(3)18(15)21-19(25)16-9-10-17(23-22-16)20-11-12-24(4)5/h6-10,13H,11-12H2,1-5H3,(H,20,23)(H,21,25). The molecule has 0 saturated carbocycles. The smallest absolute Gasteiger partial charge is 0.276 e. The third-order valence-corrected chi connectivity index (χ3v) is 3.93. The van der Waals surface area contributed by atoms with Crippen LogP contribution in [0.5, 0.6) is 0 Å². The van der Waals surface area contributed by atoms with Crippen LogP contribution in [0, 0.1) is 6.92 Å². The lowest BCUT2D eigenvalue weighted by molar-refractivity contribution is 0.102. The Bertz CT molecular complexity index is 710. The van der Waals surface area contributed by atoms with Gasteiger partial charge in [-0.25, -0.2) is 0 Å². The Balaban J connectivity index is 2.07. The van der Waals surface area contributed by atoms with Crippen molar-refractivity contribution in [2.45, 2.75) is 26.7 Å². The van der Waals surface area contributed by atoms with Gasteiger partial charge in [-0.2, -0.15) is 0 Å². The molecular formula is C19H27N5O. The quantitative estimate of drug-likeness (QED) is 0.810. The van der Waals surface area contributed by atoms with E-state index in [-0.39, 0.29) is 5.91 Å². The number of benzene rings is 1. The molecule has 2 N–H and O–H groups in total. The normalized spacial score (nSPS) is 11.0. The van der Waals surface area contributed by atoms with Gasteiger partial charge < -0.3 is 15.5 Å². The third-order valence-electron chi connectivity index (χ3n) is 3.93. The highest BCUT2D eigenvalue weighted by Crippen LogP contribution is 2.27. The zero-order chi connectivity index (χ0) is 18.4. The van der Waals surface area contributed by atoms with Gasteiger partial charge in [0.05, 0.1) is 0 Å². The first-order valence-corrected chi connectivity index (χ1v) is 8.51. The summed E-state index contributed by atoms with van der Waals surface area (Å²) in [6.45, 7) is 7.88. The molecule has 1 aromatic heterocycles. The first kappa shape index (κ1) is 18.9. The molecule has 1 aromatic carbocycles. The molecule has 0 atom stereocenters. The van der Waals surface area contributed by atoms with Crippen LogP contribution in [0.25, 0.3) is 0 Å². The highest BCUT2D eigenvalue weighted by molar-refractivity contribution is 6.03. The van der Waals surface area contributed by atoms with E-state index in [1.807, 2.05) is 39.2 Å². The van der Waals surface area contributed by atoms with E-state index < -0.39 is 0 Å². The molecular weight excluding hydrogens is 314 g/mol. The third kappa shape index (κ3) is 5.26. The minimum Gasteiger partial charge on any atom is -0.367 e. The van der Waals surface area contributed by atoms with Crippen molar-refractivity contribution in [3.8, 4) is 0 Å². The first-order valence-electron chi connectivity index (χ1n) is 8.51. The van der Waals surface area contributed by atoms with E-state index in [0.717, 1.165) is 29.9 Å². The molecule has 0 aliphatic heterocycles. The number of para-hydroxylation sites is 1. The van der Waals surface area contributed by atoms with Crippen LogP contribution in [0.4, 0.5) is 11.5 Å². The highest BCUT2D eigenvalue weighted by atomic mass is 16.1. The van der Waals surface area contributed by atoms with Crippen LogP contribution in [-0.4, -0.2) is 48.2 Å². The predicted molar refractivity (Wildman–Crippen MR) is 102 cm³/mol. The molecule has 0 fully saturated rings. The van der Waals surface area contributed by atoms with Crippen molar-refractivity contribution < 1.29 is 4.79 Å². The van der Waals surface area contributed by atoms with E-state index in [0.29, 0.717) is 17.4 Å². The van der Waals surface area contributed by atoms with Crippen LogP contribution in [0.3, 0.4) is 0 Å². The number of aromatic nitrogens is 2. The van der Waals surface area contributed by atoms with Gasteiger partial charge in [-0.15, -0.1) is 10.2 Å². The average Bonchev–Trinajstić information content (AvgIpc) is 2.56. The molecule has 2 aromatic rings. The zero-order valence-electron chi connectivity index (χ0n) is 15.6. The van der Waals surface area contributed by atoms with Crippen molar-refractivity contribution in [1.29, 1.82) is 0 Å². The van der Waals surface area contributed by atoms with Crippen LogP contribution in [0.15, 0.2) is 30.3 Å². The van der Waals surface area contributed by atoms with Crippen molar-refractivity contribution in [2.75, 3.05) is 37.8 Å². The van der Waals surface area contributed by atoms with Crippen molar-refractivity contribution in [1.82, 2.24) is 15.1 Å². The minimum atomic E-state index is -0.247. The number of anilines is 2. The van der Waals surface area contributed by atoms with Gasteiger partial charge >= 0.3 is 0 Å². The van der Waals surface area contributed by atoms with Crippen LogP contribution >= 0.6 is 0 Å². The van der Waals surface area contributed by atoms with Gasteiger partial charge in [0.1, 0.15) is 5.82 Å². The predicted octanol–water partition coefficient (Wildman–Crippen LogP) is 3.13. The number of carbonyl (C=O) groups excluding carboxylic acids is 1. The summed E-state index contributed by atoms with van der Waals surface area (Å²) in [4.78, 5) is 14.6. The second-order valence-electron chi connectivity index (χ2n) is 6.68. The van der Waals surface area contributed by atoms with E-state index in [4.69, 9.17) is 0 Å². The maximum Gasteiger partial charge on any atom is 0.276 e. The van der Waals surface area contributed by atoms with Gasteiger partial charge in [0.2, 0.25) is 0 Å². The minimum absolute atomic E-state index is 0.247. The summed E-state index contributed by atoms with van der Waals surface area (Å²) >= 11 is 0. The Morgan fingerprint density at radius 1 is 1.16 bits per heavy atom. The monoisotopic (exact) mass is 341 g/mol. The van der Waals surface area contributed by atoms with E-state index in [2.05, 4.69) is 39.6 Å². The molecule has 0 saturated heterocycles. The summed E-state index contributed by atoms with van der Waals surface area (Å²) in [5.74, 6) is 0.741. The Morgan fingerprint density at radius 2 is 1.92 bits per heavy atom. The molecule has 6 nitrogen and oxygen atoms in total. The summed E-state index contributed by atoms with van der Waals surface area (Å²) in [5.41, 5.74) is 3.31. The number of nitrogens with one attached hydrogen (secondary N) is 2. The number of carbonyl (C=O) groups is 1. The number of rotatable bonds is 7. The van der Waals surface area contributed by atoms with Crippen molar-refractivity contribution in [3.63, 3.8) is 0 Å². The van der Waals surface area contributed by atoms with Gasteiger partial charge in [0.15, 0.2) is 5.69 Å². The topological polar surface area (TPSA) is 70.2 Å². The molecule has 0 aliphatic carbocycles. The number of nitrogens with zero attached hydrogens (tertiary/aromatic N) is 3. The second kappa shape index (κ2) is 8.58. The molecule has 1 heterocycles. The molecule has 0 bridgehead atoms. The molecule has 134 valence electrons. The summed E-state index contributed by atoms with van der Waals surface area (Å²) in [7, 11) is 4.02. The van der Waals surface area contributed by atoms with E-state index >= 15 is 0 Å². The van der Waals surface area contributed by atoms with Gasteiger partial charge in [-0.3, -0.25) is 4.79 Å². The Kier molecular flexibility index (Phi) is 6.47. The number of aryl methyl sites for hydroxylation is 1. The van der Waals surface area contributed by atoms with Gasteiger partial charge in [0.25, 0.3) is 5.91 Å². The van der Waals surface area contributed by atoms with Crippen molar-refractivity contribution in [2.24, 2.45) is 0 Å². The van der Waals surface area contributed by atoms with Crippen LogP contribution < -0.4 is 10.6 Å². The molecule has 2 rings (SSSR count). The molecule has 1 amide bonds. The summed E-state index contributed by atoms with van der Waals surface area (Å²) in [6, 6.07) is 9.50. The molecule has 0 unspecified atom stereocenters. The summed E-state index contributed by atoms with van der Waals surface area (Å²) in [5, 5.41) is 14.3. The van der Waals surface area contributed by atoms with Crippen LogP contribution in [-0.2, 0) is 0 Å². The SMILES string of the molecule is Cc1cccc(C(C)C)c1NC(=O)c1ccc(NCCN(C)C)nn1. The maximum atomic E-state index is 12.5. The molecule has 0 aliphatic rings. The molecule has 25 heavy (non-hydrogen) atoms. The van der Waals surface area contributed by atoms with E-state index in [1.165, 1.54) is 0 Å². The molecule has 0 spiro atoms. The number of amides is 1. The second-order valence-corrected chi connectivity index (χ2v) is 6.68.